The summed E-state index contributed by atoms with van der Waals surface area (Å²) in [7, 11) is 0. The van der Waals surface area contributed by atoms with Gasteiger partial charge in [-0.2, -0.15) is 0 Å². The second-order valence-corrected chi connectivity index (χ2v) is 3.53. The van der Waals surface area contributed by atoms with Crippen LogP contribution in [0.5, 0.6) is 11.5 Å². The Labute approximate surface area is 85.0 Å². The molecule has 3 heteroatoms. The minimum Gasteiger partial charge on any atom is -0.486 e. The van der Waals surface area contributed by atoms with Crippen LogP contribution in [-0.2, 0) is 0 Å². The van der Waals surface area contributed by atoms with E-state index in [9.17, 15) is 0 Å². The molecule has 0 N–H and O–H groups in total. The van der Waals surface area contributed by atoms with Gasteiger partial charge in [0, 0.05) is 4.43 Å². The summed E-state index contributed by atoms with van der Waals surface area (Å²) in [4.78, 5) is 0. The summed E-state index contributed by atoms with van der Waals surface area (Å²) >= 11 is 2.30. The van der Waals surface area contributed by atoms with E-state index >= 15 is 0 Å². The van der Waals surface area contributed by atoms with Crippen molar-refractivity contribution >= 4 is 22.6 Å². The van der Waals surface area contributed by atoms with E-state index in [0.29, 0.717) is 6.61 Å². The van der Waals surface area contributed by atoms with Crippen molar-refractivity contribution in [1.82, 2.24) is 0 Å². The van der Waals surface area contributed by atoms with Gasteiger partial charge in [-0.1, -0.05) is 34.7 Å². The summed E-state index contributed by atoms with van der Waals surface area (Å²) in [6.45, 7) is 0.667. The number of hydrogen-bond acceptors (Lipinski definition) is 2. The first-order chi connectivity index (χ1) is 5.90. The predicted molar refractivity (Wildman–Crippen MR) is 55.2 cm³/mol. The molecule has 0 aromatic heterocycles. The fraction of sp³-hybridized carbons (Fsp3) is 0.333. The Morgan fingerprint density at radius 1 is 1.33 bits per heavy atom. The number of hydrogen-bond donors (Lipinski definition) is 0. The number of halogens is 1. The maximum Gasteiger partial charge on any atom is 0.161 e. The Bertz CT molecular complexity index is 275. The van der Waals surface area contributed by atoms with Gasteiger partial charge < -0.3 is 9.47 Å². The topological polar surface area (TPSA) is 18.5 Å². The van der Waals surface area contributed by atoms with Crippen molar-refractivity contribution < 1.29 is 9.47 Å². The summed E-state index contributed by atoms with van der Waals surface area (Å²) in [6, 6.07) is 7.77. The molecule has 1 heterocycles. The lowest BCUT2D eigenvalue weighted by Gasteiger charge is -2.24. The van der Waals surface area contributed by atoms with Gasteiger partial charge in [-0.05, 0) is 12.1 Å². The van der Waals surface area contributed by atoms with Crippen molar-refractivity contribution in [3.63, 3.8) is 0 Å². The largest absolute Gasteiger partial charge is 0.486 e. The van der Waals surface area contributed by atoms with Crippen LogP contribution in [0.4, 0.5) is 0 Å². The molecule has 0 saturated heterocycles. The van der Waals surface area contributed by atoms with Crippen LogP contribution in [0.25, 0.3) is 0 Å². The molecule has 0 amide bonds. The predicted octanol–water partition coefficient (Wildman–Crippen LogP) is 2.26. The molecule has 2 nitrogen and oxygen atoms in total. The minimum absolute atomic E-state index is 0.209. The summed E-state index contributed by atoms with van der Waals surface area (Å²) in [5.74, 6) is 1.73. The third kappa shape index (κ3) is 1.50. The van der Waals surface area contributed by atoms with Crippen molar-refractivity contribution in [1.29, 1.82) is 0 Å². The Morgan fingerprint density at radius 3 is 2.83 bits per heavy atom. The third-order valence-corrected chi connectivity index (χ3v) is 2.72. The van der Waals surface area contributed by atoms with E-state index in [-0.39, 0.29) is 6.10 Å². The second kappa shape index (κ2) is 3.51. The van der Waals surface area contributed by atoms with Gasteiger partial charge in [-0.3, -0.25) is 0 Å². The standard InChI is InChI=1S/C9H9IO2/c10-5-7-6-11-8-3-1-2-4-9(8)12-7/h1-4,7H,5-6H2. The molecule has 2 rings (SSSR count). The summed E-state index contributed by atoms with van der Waals surface area (Å²) in [6.07, 6.45) is 0.209. The lowest BCUT2D eigenvalue weighted by atomic mass is 10.3. The first kappa shape index (κ1) is 8.16. The smallest absolute Gasteiger partial charge is 0.161 e. The molecule has 0 bridgehead atoms. The van der Waals surface area contributed by atoms with Gasteiger partial charge in [0.05, 0.1) is 0 Å². The molecule has 1 atom stereocenters. The van der Waals surface area contributed by atoms with Gasteiger partial charge >= 0.3 is 0 Å². The minimum atomic E-state index is 0.209. The first-order valence-corrected chi connectivity index (χ1v) is 5.37. The molecule has 0 fully saturated rings. The number of rotatable bonds is 1. The van der Waals surface area contributed by atoms with Crippen LogP contribution in [0.2, 0.25) is 0 Å². The zero-order valence-electron chi connectivity index (χ0n) is 6.50. The first-order valence-electron chi connectivity index (χ1n) is 3.84. The molecule has 1 aromatic rings. The van der Waals surface area contributed by atoms with E-state index < -0.39 is 0 Å². The molecule has 1 unspecified atom stereocenters. The number of benzene rings is 1. The van der Waals surface area contributed by atoms with Crippen LogP contribution in [0, 0.1) is 0 Å². The van der Waals surface area contributed by atoms with E-state index in [1.807, 2.05) is 24.3 Å². The SMILES string of the molecule is ICC1COc2ccccc2O1. The maximum atomic E-state index is 5.65. The Morgan fingerprint density at radius 2 is 2.08 bits per heavy atom. The molecule has 12 heavy (non-hydrogen) atoms. The van der Waals surface area contributed by atoms with Gasteiger partial charge in [-0.25, -0.2) is 0 Å². The van der Waals surface area contributed by atoms with Crippen LogP contribution in [-0.4, -0.2) is 17.1 Å². The Kier molecular flexibility index (Phi) is 2.39. The number of fused-ring (bicyclic) bond motifs is 1. The lowest BCUT2D eigenvalue weighted by Crippen LogP contribution is -2.30. The van der Waals surface area contributed by atoms with Crippen LogP contribution >= 0.6 is 22.6 Å². The molecule has 1 aliphatic heterocycles. The number of ether oxygens (including phenoxy) is 2. The molecule has 1 aromatic carbocycles. The van der Waals surface area contributed by atoms with Crippen LogP contribution < -0.4 is 9.47 Å². The van der Waals surface area contributed by atoms with Gasteiger partial charge in [0.25, 0.3) is 0 Å². The van der Waals surface area contributed by atoms with Crippen molar-refractivity contribution in [2.45, 2.75) is 6.10 Å². The molecule has 0 spiro atoms. The van der Waals surface area contributed by atoms with Crippen molar-refractivity contribution in [2.75, 3.05) is 11.0 Å². The highest BCUT2D eigenvalue weighted by Crippen LogP contribution is 2.31. The van der Waals surface area contributed by atoms with Crippen molar-refractivity contribution in [2.24, 2.45) is 0 Å². The molecule has 0 radical (unpaired) electrons. The van der Waals surface area contributed by atoms with Gasteiger partial charge in [-0.15, -0.1) is 0 Å². The van der Waals surface area contributed by atoms with Crippen LogP contribution in [0.1, 0.15) is 0 Å². The van der Waals surface area contributed by atoms with E-state index in [0.717, 1.165) is 15.9 Å². The molecule has 0 aliphatic carbocycles. The average Bonchev–Trinajstić information content (AvgIpc) is 2.17. The summed E-state index contributed by atoms with van der Waals surface area (Å²) in [5, 5.41) is 0. The molecular weight excluding hydrogens is 267 g/mol. The summed E-state index contributed by atoms with van der Waals surface area (Å²) in [5.41, 5.74) is 0. The summed E-state index contributed by atoms with van der Waals surface area (Å²) < 4.78 is 12.1. The fourth-order valence-corrected chi connectivity index (χ4v) is 1.57. The normalized spacial score (nSPS) is 20.6. The van der Waals surface area contributed by atoms with E-state index in [2.05, 4.69) is 22.6 Å². The van der Waals surface area contributed by atoms with Crippen LogP contribution in [0.3, 0.4) is 0 Å². The maximum absolute atomic E-state index is 5.65. The average molecular weight is 276 g/mol. The molecule has 1 aliphatic rings. The Balaban J connectivity index is 2.23. The van der Waals surface area contributed by atoms with Gasteiger partial charge in [0.15, 0.2) is 11.5 Å². The number of para-hydroxylation sites is 2. The van der Waals surface area contributed by atoms with Crippen molar-refractivity contribution in [3.8, 4) is 11.5 Å². The highest BCUT2D eigenvalue weighted by Gasteiger charge is 2.18. The highest BCUT2D eigenvalue weighted by molar-refractivity contribution is 14.1. The van der Waals surface area contributed by atoms with E-state index in [1.165, 1.54) is 0 Å². The van der Waals surface area contributed by atoms with Gasteiger partial charge in [0.1, 0.15) is 12.7 Å². The monoisotopic (exact) mass is 276 g/mol. The Hall–Kier alpha value is -0.450. The zero-order chi connectivity index (χ0) is 8.39. The van der Waals surface area contributed by atoms with Gasteiger partial charge in [0.2, 0.25) is 0 Å². The quantitative estimate of drug-likeness (QED) is 0.578. The van der Waals surface area contributed by atoms with E-state index in [4.69, 9.17) is 9.47 Å². The van der Waals surface area contributed by atoms with Crippen molar-refractivity contribution in [3.05, 3.63) is 24.3 Å². The number of alkyl halides is 1. The fourth-order valence-electron chi connectivity index (χ4n) is 1.14. The third-order valence-electron chi connectivity index (χ3n) is 1.74. The lowest BCUT2D eigenvalue weighted by molar-refractivity contribution is 0.109. The highest BCUT2D eigenvalue weighted by atomic mass is 127. The molecular formula is C9H9IO2. The van der Waals surface area contributed by atoms with Crippen LogP contribution in [0.15, 0.2) is 24.3 Å². The van der Waals surface area contributed by atoms with E-state index in [1.54, 1.807) is 0 Å². The molecule has 0 saturated carbocycles. The second-order valence-electron chi connectivity index (χ2n) is 2.65. The molecule has 64 valence electrons. The zero-order valence-corrected chi connectivity index (χ0v) is 8.65.